The molecule has 5 heteroatoms. The quantitative estimate of drug-likeness (QED) is 0.644. The summed E-state index contributed by atoms with van der Waals surface area (Å²) in [7, 11) is 0. The van der Waals surface area contributed by atoms with Crippen molar-refractivity contribution in [3.05, 3.63) is 35.7 Å². The van der Waals surface area contributed by atoms with E-state index in [4.69, 9.17) is 0 Å². The highest BCUT2D eigenvalue weighted by Gasteiger charge is 2.33. The lowest BCUT2D eigenvalue weighted by molar-refractivity contribution is -0.130. The molecule has 2 heterocycles. The number of amides is 1. The number of allylic oxidation sites excluding steroid dienone is 1. The summed E-state index contributed by atoms with van der Waals surface area (Å²) in [5, 5.41) is 2.89. The van der Waals surface area contributed by atoms with Crippen molar-refractivity contribution in [1.82, 2.24) is 14.8 Å². The maximum Gasteiger partial charge on any atom is 0.237 e. The van der Waals surface area contributed by atoms with Gasteiger partial charge in [0.05, 0.1) is 12.6 Å². The summed E-state index contributed by atoms with van der Waals surface area (Å²) in [6.45, 7) is 14.1. The van der Waals surface area contributed by atoms with E-state index in [0.29, 0.717) is 19.6 Å². The van der Waals surface area contributed by atoms with Crippen LogP contribution in [0.4, 0.5) is 0 Å². The molecule has 23 heavy (non-hydrogen) atoms. The van der Waals surface area contributed by atoms with E-state index in [1.807, 2.05) is 44.7 Å². The molecule has 0 aromatic carbocycles. The fourth-order valence-electron chi connectivity index (χ4n) is 3.40. The molecular formula is C18H27N3O2. The third kappa shape index (κ3) is 3.55. The van der Waals surface area contributed by atoms with E-state index in [-0.39, 0.29) is 30.2 Å². The second kappa shape index (κ2) is 7.13. The number of piperazine rings is 1. The maximum atomic E-state index is 12.8. The highest BCUT2D eigenvalue weighted by atomic mass is 16.2. The third-order valence-corrected chi connectivity index (χ3v) is 4.52. The van der Waals surface area contributed by atoms with Crippen LogP contribution in [0.5, 0.6) is 0 Å². The molecule has 5 nitrogen and oxygen atoms in total. The summed E-state index contributed by atoms with van der Waals surface area (Å²) in [5.74, 6) is 0.279. The number of hydrogen-bond acceptors (Lipinski definition) is 3. The lowest BCUT2D eigenvalue weighted by Gasteiger charge is -2.36. The van der Waals surface area contributed by atoms with E-state index in [1.165, 1.54) is 0 Å². The summed E-state index contributed by atoms with van der Waals surface area (Å²) in [6.07, 6.45) is 1.83. The number of hydrogen-bond donors (Lipinski definition) is 1. The Labute approximate surface area is 138 Å². The Bertz CT molecular complexity index is 616. The molecule has 0 saturated carbocycles. The number of rotatable bonds is 6. The Morgan fingerprint density at radius 1 is 1.48 bits per heavy atom. The number of nitrogens with one attached hydrogen (secondary N) is 1. The van der Waals surface area contributed by atoms with Gasteiger partial charge in [-0.15, -0.1) is 6.58 Å². The Balaban J connectivity index is 2.19. The van der Waals surface area contributed by atoms with Gasteiger partial charge in [-0.1, -0.05) is 19.9 Å². The van der Waals surface area contributed by atoms with E-state index in [0.717, 1.165) is 17.0 Å². The Kier molecular flexibility index (Phi) is 5.42. The zero-order valence-corrected chi connectivity index (χ0v) is 14.6. The fraction of sp³-hybridized carbons (Fsp3) is 0.556. The van der Waals surface area contributed by atoms with Gasteiger partial charge in [-0.2, -0.15) is 0 Å². The van der Waals surface area contributed by atoms with Gasteiger partial charge >= 0.3 is 0 Å². The van der Waals surface area contributed by atoms with E-state index in [1.54, 1.807) is 0 Å². The average molecular weight is 317 g/mol. The normalized spacial score (nSPS) is 19.0. The first-order valence-electron chi connectivity index (χ1n) is 8.19. The minimum absolute atomic E-state index is 0.0242. The molecule has 1 amide bonds. The van der Waals surface area contributed by atoms with Crippen LogP contribution in [0.3, 0.4) is 0 Å². The van der Waals surface area contributed by atoms with Gasteiger partial charge in [0.2, 0.25) is 5.91 Å². The van der Waals surface area contributed by atoms with Crippen molar-refractivity contribution in [2.45, 2.75) is 40.3 Å². The molecule has 1 saturated heterocycles. The Morgan fingerprint density at radius 3 is 2.78 bits per heavy atom. The minimum Gasteiger partial charge on any atom is -0.353 e. The molecule has 0 unspecified atom stereocenters. The molecule has 0 bridgehead atoms. The molecule has 1 atom stereocenters. The SMILES string of the molecule is C=CCn1c(C)cc(C(=O)CN2CCNC(=O)[C@H]2C(C)C)c1C. The van der Waals surface area contributed by atoms with Crippen molar-refractivity contribution in [2.75, 3.05) is 19.6 Å². The van der Waals surface area contributed by atoms with E-state index in [9.17, 15) is 9.59 Å². The van der Waals surface area contributed by atoms with Crippen LogP contribution in [0, 0.1) is 19.8 Å². The number of carbonyl (C=O) groups is 2. The predicted octanol–water partition coefficient (Wildman–Crippen LogP) is 1.93. The molecule has 1 aromatic rings. The Hall–Kier alpha value is -1.88. The number of nitrogens with zero attached hydrogens (tertiary/aromatic N) is 2. The standard InChI is InChI=1S/C18H27N3O2/c1-6-8-21-13(4)10-15(14(21)5)16(22)11-20-9-7-19-18(23)17(20)12(2)3/h6,10,12,17H,1,7-9,11H2,2-5H3,(H,19,23)/t17-/m1/s1. The van der Waals surface area contributed by atoms with E-state index >= 15 is 0 Å². The highest BCUT2D eigenvalue weighted by molar-refractivity contribution is 5.99. The molecule has 1 fully saturated rings. The zero-order chi connectivity index (χ0) is 17.1. The minimum atomic E-state index is -0.232. The van der Waals surface area contributed by atoms with Gasteiger partial charge < -0.3 is 9.88 Å². The van der Waals surface area contributed by atoms with E-state index < -0.39 is 0 Å². The number of carbonyl (C=O) groups excluding carboxylic acids is 2. The van der Waals surface area contributed by atoms with Crippen molar-refractivity contribution >= 4 is 11.7 Å². The second-order valence-corrected chi connectivity index (χ2v) is 6.56. The van der Waals surface area contributed by atoms with Crippen LogP contribution >= 0.6 is 0 Å². The monoisotopic (exact) mass is 317 g/mol. The van der Waals surface area contributed by atoms with Crippen LogP contribution < -0.4 is 5.32 Å². The summed E-state index contributed by atoms with van der Waals surface area (Å²) in [4.78, 5) is 26.9. The van der Waals surface area contributed by atoms with Gasteiger partial charge in [0.25, 0.3) is 0 Å². The maximum absolute atomic E-state index is 12.8. The first-order valence-corrected chi connectivity index (χ1v) is 8.19. The van der Waals surface area contributed by atoms with Crippen LogP contribution in [-0.4, -0.2) is 46.8 Å². The lowest BCUT2D eigenvalue weighted by atomic mass is 9.98. The molecule has 1 aromatic heterocycles. The number of ketones is 1. The third-order valence-electron chi connectivity index (χ3n) is 4.52. The van der Waals surface area contributed by atoms with Gasteiger partial charge in [-0.25, -0.2) is 0 Å². The second-order valence-electron chi connectivity index (χ2n) is 6.56. The van der Waals surface area contributed by atoms with Crippen molar-refractivity contribution < 1.29 is 9.59 Å². The number of aromatic nitrogens is 1. The van der Waals surface area contributed by atoms with Crippen molar-refractivity contribution in [3.8, 4) is 0 Å². The summed E-state index contributed by atoms with van der Waals surface area (Å²) in [6, 6.07) is 1.71. The fourth-order valence-corrected chi connectivity index (χ4v) is 3.40. The van der Waals surface area contributed by atoms with Crippen molar-refractivity contribution in [3.63, 3.8) is 0 Å². The molecule has 2 rings (SSSR count). The summed E-state index contributed by atoms with van der Waals surface area (Å²) in [5.41, 5.74) is 2.77. The molecular weight excluding hydrogens is 290 g/mol. The Morgan fingerprint density at radius 2 is 2.17 bits per heavy atom. The van der Waals surface area contributed by atoms with Crippen molar-refractivity contribution in [1.29, 1.82) is 0 Å². The molecule has 1 aliphatic rings. The van der Waals surface area contributed by atoms with E-state index in [2.05, 4.69) is 16.5 Å². The molecule has 0 aliphatic carbocycles. The van der Waals surface area contributed by atoms with Crippen LogP contribution in [0.15, 0.2) is 18.7 Å². The smallest absolute Gasteiger partial charge is 0.237 e. The molecule has 1 N–H and O–H groups in total. The molecule has 0 spiro atoms. The number of Topliss-reactive ketones (excluding diaryl/α,β-unsaturated/α-hetero) is 1. The average Bonchev–Trinajstić information content (AvgIpc) is 2.75. The summed E-state index contributed by atoms with van der Waals surface area (Å²) >= 11 is 0. The molecule has 0 radical (unpaired) electrons. The first-order chi connectivity index (χ1) is 10.9. The first kappa shape index (κ1) is 17.5. The van der Waals surface area contributed by atoms with Gasteiger partial charge in [0.15, 0.2) is 5.78 Å². The van der Waals surface area contributed by atoms with Gasteiger partial charge in [0, 0.05) is 36.6 Å². The molecule has 1 aliphatic heterocycles. The van der Waals surface area contributed by atoms with Gasteiger partial charge in [-0.05, 0) is 25.8 Å². The largest absolute Gasteiger partial charge is 0.353 e. The lowest BCUT2D eigenvalue weighted by Crippen LogP contribution is -2.58. The van der Waals surface area contributed by atoms with Crippen LogP contribution in [0.1, 0.15) is 35.6 Å². The van der Waals surface area contributed by atoms with Crippen molar-refractivity contribution in [2.24, 2.45) is 5.92 Å². The zero-order valence-electron chi connectivity index (χ0n) is 14.6. The topological polar surface area (TPSA) is 54.3 Å². The highest BCUT2D eigenvalue weighted by Crippen LogP contribution is 2.19. The van der Waals surface area contributed by atoms with Gasteiger partial charge in [-0.3, -0.25) is 14.5 Å². The van der Waals surface area contributed by atoms with Crippen LogP contribution in [0.2, 0.25) is 0 Å². The van der Waals surface area contributed by atoms with Gasteiger partial charge in [0.1, 0.15) is 0 Å². The van der Waals surface area contributed by atoms with Crippen LogP contribution in [0.25, 0.3) is 0 Å². The summed E-state index contributed by atoms with van der Waals surface area (Å²) < 4.78 is 2.09. The van der Waals surface area contributed by atoms with Crippen LogP contribution in [-0.2, 0) is 11.3 Å². The molecule has 126 valence electrons. The predicted molar refractivity (Wildman–Crippen MR) is 91.6 cm³/mol. The number of aryl methyl sites for hydroxylation is 1.